The number of aromatic nitrogens is 2. The molecule has 0 amide bonds. The standard InChI is InChI=1S/C16H27N3O/c1-10(2)5-12(9-17)8-15-18-16(19-20-15)14-7-11-3-4-13(14)6-11/h10-14H,3-9,17H2,1-2H3. The second-order valence-electron chi connectivity index (χ2n) is 7.26. The lowest BCUT2D eigenvalue weighted by molar-refractivity contribution is 0.323. The number of hydrogen-bond donors (Lipinski definition) is 1. The molecule has 2 aliphatic rings. The van der Waals surface area contributed by atoms with Gasteiger partial charge in [-0.3, -0.25) is 0 Å². The molecule has 0 aromatic carbocycles. The van der Waals surface area contributed by atoms with Gasteiger partial charge in [0.25, 0.3) is 0 Å². The lowest BCUT2D eigenvalue weighted by Crippen LogP contribution is -2.19. The highest BCUT2D eigenvalue weighted by molar-refractivity contribution is 5.06. The summed E-state index contributed by atoms with van der Waals surface area (Å²) in [6, 6.07) is 0. The van der Waals surface area contributed by atoms with E-state index < -0.39 is 0 Å². The van der Waals surface area contributed by atoms with E-state index >= 15 is 0 Å². The van der Waals surface area contributed by atoms with Crippen LogP contribution in [0.2, 0.25) is 0 Å². The van der Waals surface area contributed by atoms with Gasteiger partial charge in [-0.25, -0.2) is 0 Å². The van der Waals surface area contributed by atoms with E-state index in [1.54, 1.807) is 0 Å². The highest BCUT2D eigenvalue weighted by Gasteiger charge is 2.42. The third kappa shape index (κ3) is 2.90. The molecule has 0 spiro atoms. The molecule has 2 saturated carbocycles. The number of nitrogens with two attached hydrogens (primary N) is 1. The molecule has 2 aliphatic carbocycles. The second kappa shape index (κ2) is 5.84. The Hall–Kier alpha value is -0.900. The smallest absolute Gasteiger partial charge is 0.226 e. The maximum Gasteiger partial charge on any atom is 0.226 e. The summed E-state index contributed by atoms with van der Waals surface area (Å²) < 4.78 is 5.48. The van der Waals surface area contributed by atoms with Crippen LogP contribution >= 0.6 is 0 Å². The van der Waals surface area contributed by atoms with E-state index in [4.69, 9.17) is 10.3 Å². The molecule has 2 fully saturated rings. The molecule has 3 rings (SSSR count). The van der Waals surface area contributed by atoms with Gasteiger partial charge in [0.1, 0.15) is 0 Å². The van der Waals surface area contributed by atoms with Gasteiger partial charge in [-0.2, -0.15) is 4.98 Å². The highest BCUT2D eigenvalue weighted by Crippen LogP contribution is 2.52. The lowest BCUT2D eigenvalue weighted by Gasteiger charge is -2.17. The molecule has 1 aromatic rings. The van der Waals surface area contributed by atoms with Crippen molar-refractivity contribution in [3.63, 3.8) is 0 Å². The molecule has 1 aromatic heterocycles. The van der Waals surface area contributed by atoms with E-state index in [2.05, 4.69) is 24.0 Å². The summed E-state index contributed by atoms with van der Waals surface area (Å²) >= 11 is 0. The van der Waals surface area contributed by atoms with Crippen molar-refractivity contribution in [1.82, 2.24) is 10.1 Å². The number of hydrogen-bond acceptors (Lipinski definition) is 4. The fourth-order valence-electron chi connectivity index (χ4n) is 4.24. The van der Waals surface area contributed by atoms with Crippen LogP contribution in [0.3, 0.4) is 0 Å². The van der Waals surface area contributed by atoms with Crippen LogP contribution in [0.5, 0.6) is 0 Å². The zero-order chi connectivity index (χ0) is 14.1. The van der Waals surface area contributed by atoms with Crippen molar-refractivity contribution in [3.05, 3.63) is 11.7 Å². The van der Waals surface area contributed by atoms with E-state index in [1.165, 1.54) is 25.7 Å². The first kappa shape index (κ1) is 14.1. The quantitative estimate of drug-likeness (QED) is 0.867. The van der Waals surface area contributed by atoms with Crippen molar-refractivity contribution in [2.45, 2.75) is 58.3 Å². The topological polar surface area (TPSA) is 64.9 Å². The Labute approximate surface area is 121 Å². The Morgan fingerprint density at radius 2 is 2.15 bits per heavy atom. The van der Waals surface area contributed by atoms with Crippen LogP contribution in [0.15, 0.2) is 4.52 Å². The number of rotatable bonds is 6. The minimum Gasteiger partial charge on any atom is -0.339 e. The van der Waals surface area contributed by atoms with Crippen LogP contribution in [0.1, 0.15) is 63.6 Å². The van der Waals surface area contributed by atoms with E-state index in [0.29, 0.717) is 24.3 Å². The summed E-state index contributed by atoms with van der Waals surface area (Å²) in [5.41, 5.74) is 5.86. The molecule has 1 heterocycles. The lowest BCUT2D eigenvalue weighted by atomic mass is 9.88. The van der Waals surface area contributed by atoms with Crippen molar-refractivity contribution in [3.8, 4) is 0 Å². The molecular formula is C16H27N3O. The van der Waals surface area contributed by atoms with E-state index in [9.17, 15) is 0 Å². The predicted molar refractivity (Wildman–Crippen MR) is 78.2 cm³/mol. The summed E-state index contributed by atoms with van der Waals surface area (Å²) in [6.45, 7) is 5.17. The molecule has 2 N–H and O–H groups in total. The van der Waals surface area contributed by atoms with Crippen LogP contribution in [0.25, 0.3) is 0 Å². The van der Waals surface area contributed by atoms with Gasteiger partial charge in [0.05, 0.1) is 0 Å². The van der Waals surface area contributed by atoms with Gasteiger partial charge in [-0.15, -0.1) is 0 Å². The summed E-state index contributed by atoms with van der Waals surface area (Å²) in [6.07, 6.45) is 7.39. The van der Waals surface area contributed by atoms with Crippen molar-refractivity contribution in [2.24, 2.45) is 29.4 Å². The zero-order valence-corrected chi connectivity index (χ0v) is 12.7. The molecule has 4 nitrogen and oxygen atoms in total. The van der Waals surface area contributed by atoms with Crippen molar-refractivity contribution in [2.75, 3.05) is 6.54 Å². The Bertz CT molecular complexity index is 443. The summed E-state index contributed by atoms with van der Waals surface area (Å²) in [5, 5.41) is 4.26. The van der Waals surface area contributed by atoms with Crippen molar-refractivity contribution < 1.29 is 4.52 Å². The van der Waals surface area contributed by atoms with Crippen molar-refractivity contribution in [1.29, 1.82) is 0 Å². The van der Waals surface area contributed by atoms with Gasteiger partial charge in [-0.05, 0) is 55.9 Å². The van der Waals surface area contributed by atoms with Crippen LogP contribution in [0.4, 0.5) is 0 Å². The normalized spacial score (nSPS) is 30.3. The summed E-state index contributed by atoms with van der Waals surface area (Å²) in [4.78, 5) is 4.67. The molecule has 0 aliphatic heterocycles. The van der Waals surface area contributed by atoms with Gasteiger partial charge >= 0.3 is 0 Å². The highest BCUT2D eigenvalue weighted by atomic mass is 16.5. The third-order valence-electron chi connectivity index (χ3n) is 5.15. The first-order chi connectivity index (χ1) is 9.65. The first-order valence-corrected chi connectivity index (χ1v) is 8.18. The predicted octanol–water partition coefficient (Wildman–Crippen LogP) is 3.14. The zero-order valence-electron chi connectivity index (χ0n) is 12.7. The maximum atomic E-state index is 5.86. The van der Waals surface area contributed by atoms with Crippen LogP contribution in [-0.2, 0) is 6.42 Å². The van der Waals surface area contributed by atoms with E-state index in [1.807, 2.05) is 0 Å². The van der Waals surface area contributed by atoms with Crippen LogP contribution < -0.4 is 5.73 Å². The van der Waals surface area contributed by atoms with Gasteiger partial charge in [0.2, 0.25) is 5.89 Å². The van der Waals surface area contributed by atoms with Gasteiger partial charge < -0.3 is 10.3 Å². The molecule has 0 saturated heterocycles. The largest absolute Gasteiger partial charge is 0.339 e. The molecule has 112 valence electrons. The van der Waals surface area contributed by atoms with E-state index in [-0.39, 0.29) is 0 Å². The summed E-state index contributed by atoms with van der Waals surface area (Å²) in [5.74, 6) is 5.18. The Balaban J connectivity index is 1.62. The Morgan fingerprint density at radius 1 is 1.30 bits per heavy atom. The molecule has 0 radical (unpaired) electrons. The minimum absolute atomic E-state index is 0.461. The number of nitrogens with zero attached hydrogens (tertiary/aromatic N) is 2. The van der Waals surface area contributed by atoms with Gasteiger partial charge in [0, 0.05) is 12.3 Å². The maximum absolute atomic E-state index is 5.86. The summed E-state index contributed by atoms with van der Waals surface area (Å²) in [7, 11) is 0. The van der Waals surface area contributed by atoms with E-state index in [0.717, 1.165) is 36.4 Å². The fraction of sp³-hybridized carbons (Fsp3) is 0.875. The molecule has 4 unspecified atom stereocenters. The fourth-order valence-corrected chi connectivity index (χ4v) is 4.24. The molecule has 4 heteroatoms. The SMILES string of the molecule is CC(C)CC(CN)Cc1nc(C2CC3CCC2C3)no1. The minimum atomic E-state index is 0.461. The molecule has 20 heavy (non-hydrogen) atoms. The first-order valence-electron chi connectivity index (χ1n) is 8.18. The Kier molecular flexibility index (Phi) is 4.11. The monoisotopic (exact) mass is 277 g/mol. The second-order valence-corrected chi connectivity index (χ2v) is 7.26. The average Bonchev–Trinajstić information content (AvgIpc) is 3.12. The molecule has 2 bridgehead atoms. The number of fused-ring (bicyclic) bond motifs is 2. The average molecular weight is 277 g/mol. The van der Waals surface area contributed by atoms with Crippen LogP contribution in [0, 0.1) is 23.7 Å². The van der Waals surface area contributed by atoms with Crippen molar-refractivity contribution >= 4 is 0 Å². The van der Waals surface area contributed by atoms with Gasteiger partial charge in [0.15, 0.2) is 5.82 Å². The third-order valence-corrected chi connectivity index (χ3v) is 5.15. The molecule has 4 atom stereocenters. The van der Waals surface area contributed by atoms with Crippen LogP contribution in [-0.4, -0.2) is 16.7 Å². The van der Waals surface area contributed by atoms with Gasteiger partial charge in [-0.1, -0.05) is 25.4 Å². The molecular weight excluding hydrogens is 250 g/mol. The Morgan fingerprint density at radius 3 is 2.75 bits per heavy atom.